The minimum atomic E-state index is 0.848. The molecule has 0 saturated heterocycles. The van der Waals surface area contributed by atoms with Crippen LogP contribution in [-0.2, 0) is 6.54 Å². The number of quaternary nitrogens is 1. The summed E-state index contributed by atoms with van der Waals surface area (Å²) in [4.78, 5) is 0. The predicted molar refractivity (Wildman–Crippen MR) is 67.4 cm³/mol. The number of hydrogen-bond donors (Lipinski definition) is 0. The molecule has 1 aromatic carbocycles. The molecule has 0 saturated carbocycles. The maximum atomic E-state index is 5.68. The highest BCUT2D eigenvalue weighted by Gasteiger charge is 2.20. The van der Waals surface area contributed by atoms with Crippen molar-refractivity contribution in [3.05, 3.63) is 29.8 Å². The highest BCUT2D eigenvalue weighted by atomic mass is 15.3. The maximum absolute atomic E-state index is 5.68. The van der Waals surface area contributed by atoms with Gasteiger partial charge in [0.1, 0.15) is 14.4 Å². The molecule has 15 heavy (non-hydrogen) atoms. The Morgan fingerprint density at radius 3 is 1.80 bits per heavy atom. The zero-order chi connectivity index (χ0) is 11.3. The van der Waals surface area contributed by atoms with Crippen LogP contribution in [0.2, 0.25) is 0 Å². The van der Waals surface area contributed by atoms with Crippen molar-refractivity contribution >= 4 is 13.3 Å². The van der Waals surface area contributed by atoms with E-state index in [0.29, 0.717) is 0 Å². The summed E-state index contributed by atoms with van der Waals surface area (Å²) in [5.41, 5.74) is 2.23. The number of hydrogen-bond acceptors (Lipinski definition) is 0. The van der Waals surface area contributed by atoms with Crippen molar-refractivity contribution in [3.8, 4) is 0 Å². The van der Waals surface area contributed by atoms with E-state index >= 15 is 0 Å². The van der Waals surface area contributed by atoms with E-state index in [-0.39, 0.29) is 0 Å². The molecule has 0 aromatic heterocycles. The quantitative estimate of drug-likeness (QED) is 0.505. The third kappa shape index (κ3) is 3.10. The van der Waals surface area contributed by atoms with Crippen molar-refractivity contribution in [2.24, 2.45) is 0 Å². The van der Waals surface area contributed by atoms with Crippen LogP contribution in [0, 0.1) is 0 Å². The summed E-state index contributed by atoms with van der Waals surface area (Å²) >= 11 is 0. The van der Waals surface area contributed by atoms with Gasteiger partial charge in [0.15, 0.2) is 0 Å². The molecule has 0 unspecified atom stereocenters. The van der Waals surface area contributed by atoms with Crippen LogP contribution in [0.15, 0.2) is 24.3 Å². The number of rotatable bonds is 5. The topological polar surface area (TPSA) is 0 Å². The lowest BCUT2D eigenvalue weighted by molar-refractivity contribution is -0.936. The van der Waals surface area contributed by atoms with E-state index in [1.54, 1.807) is 0 Å². The van der Waals surface area contributed by atoms with Crippen LogP contribution in [0.3, 0.4) is 0 Å². The highest BCUT2D eigenvalue weighted by molar-refractivity contribution is 6.32. The van der Waals surface area contributed by atoms with Crippen molar-refractivity contribution in [2.45, 2.75) is 27.3 Å². The number of nitrogens with zero attached hydrogens (tertiary/aromatic N) is 1. The molecule has 2 radical (unpaired) electrons. The summed E-state index contributed by atoms with van der Waals surface area (Å²) in [5, 5.41) is 0. The van der Waals surface area contributed by atoms with Gasteiger partial charge >= 0.3 is 0 Å². The van der Waals surface area contributed by atoms with Gasteiger partial charge in [-0.05, 0) is 20.8 Å². The fraction of sp³-hybridized carbons (Fsp3) is 0.538. The molecule has 0 aliphatic heterocycles. The van der Waals surface area contributed by atoms with Crippen molar-refractivity contribution in [3.63, 3.8) is 0 Å². The molecule has 0 aliphatic rings. The normalized spacial score (nSPS) is 11.7. The molecule has 1 rings (SSSR count). The van der Waals surface area contributed by atoms with E-state index in [9.17, 15) is 0 Å². The Morgan fingerprint density at radius 2 is 1.40 bits per heavy atom. The van der Waals surface area contributed by atoms with Gasteiger partial charge in [-0.15, -0.1) is 0 Å². The van der Waals surface area contributed by atoms with E-state index in [0.717, 1.165) is 16.5 Å². The Morgan fingerprint density at radius 1 is 0.933 bits per heavy atom. The molecular formula is C13H21BN+. The summed E-state index contributed by atoms with van der Waals surface area (Å²) in [6.45, 7) is 11.5. The Kier molecular flexibility index (Phi) is 4.40. The summed E-state index contributed by atoms with van der Waals surface area (Å²) in [6.07, 6.45) is 0. The smallest absolute Gasteiger partial charge is 0.113 e. The summed E-state index contributed by atoms with van der Waals surface area (Å²) < 4.78 is 1.16. The lowest BCUT2D eigenvalue weighted by atomic mass is 9.95. The van der Waals surface area contributed by atoms with Crippen molar-refractivity contribution < 1.29 is 4.48 Å². The van der Waals surface area contributed by atoms with Gasteiger partial charge in [-0.2, -0.15) is 0 Å². The van der Waals surface area contributed by atoms with Crippen LogP contribution in [-0.4, -0.2) is 32.0 Å². The van der Waals surface area contributed by atoms with Crippen LogP contribution in [0.5, 0.6) is 0 Å². The fourth-order valence-electron chi connectivity index (χ4n) is 2.02. The molecule has 1 nitrogen and oxygen atoms in total. The van der Waals surface area contributed by atoms with Gasteiger partial charge < -0.3 is 4.48 Å². The SMILES string of the molecule is [B]c1ccc(C[N+](CC)(CC)CC)cc1. The van der Waals surface area contributed by atoms with E-state index in [1.807, 2.05) is 12.1 Å². The first-order valence-corrected chi connectivity index (χ1v) is 5.85. The number of benzene rings is 1. The standard InChI is InChI=1S/C13H21BN/c1-4-15(5-2,6-3)11-12-7-9-13(14)10-8-12/h7-10H,4-6,11H2,1-3H3/q+1. The molecule has 0 spiro atoms. The van der Waals surface area contributed by atoms with Crippen molar-refractivity contribution in [2.75, 3.05) is 19.6 Å². The van der Waals surface area contributed by atoms with Crippen LogP contribution in [0.25, 0.3) is 0 Å². The molecule has 0 bridgehead atoms. The zero-order valence-electron chi connectivity index (χ0n) is 10.2. The largest absolute Gasteiger partial charge is 0.321 e. The molecule has 1 aromatic rings. The first-order chi connectivity index (χ1) is 7.15. The molecule has 0 atom stereocenters. The second-order valence-corrected chi connectivity index (χ2v) is 4.19. The Labute approximate surface area is 95.1 Å². The first-order valence-electron chi connectivity index (χ1n) is 5.85. The van der Waals surface area contributed by atoms with E-state index in [2.05, 4.69) is 32.9 Å². The van der Waals surface area contributed by atoms with Crippen LogP contribution in [0.1, 0.15) is 26.3 Å². The van der Waals surface area contributed by atoms with Crippen LogP contribution < -0.4 is 5.46 Å². The summed E-state index contributed by atoms with van der Waals surface area (Å²) in [7, 11) is 5.68. The van der Waals surface area contributed by atoms with E-state index < -0.39 is 0 Å². The van der Waals surface area contributed by atoms with Gasteiger partial charge in [-0.1, -0.05) is 29.7 Å². The molecule has 2 heteroatoms. The second-order valence-electron chi connectivity index (χ2n) is 4.19. The zero-order valence-corrected chi connectivity index (χ0v) is 10.2. The first kappa shape index (κ1) is 12.3. The average molecular weight is 202 g/mol. The molecule has 0 N–H and O–H groups in total. The van der Waals surface area contributed by atoms with E-state index in [1.165, 1.54) is 25.2 Å². The second kappa shape index (κ2) is 5.36. The van der Waals surface area contributed by atoms with Gasteiger partial charge in [0, 0.05) is 5.56 Å². The van der Waals surface area contributed by atoms with Gasteiger partial charge in [0.25, 0.3) is 0 Å². The Hall–Kier alpha value is -0.755. The molecule has 0 aliphatic carbocycles. The molecule has 80 valence electrons. The average Bonchev–Trinajstić information content (AvgIpc) is 2.29. The maximum Gasteiger partial charge on any atom is 0.113 e. The van der Waals surface area contributed by atoms with Crippen LogP contribution in [0.4, 0.5) is 0 Å². The summed E-state index contributed by atoms with van der Waals surface area (Å²) in [6, 6.07) is 8.27. The third-order valence-corrected chi connectivity index (χ3v) is 3.51. The van der Waals surface area contributed by atoms with Crippen LogP contribution >= 0.6 is 0 Å². The third-order valence-electron chi connectivity index (χ3n) is 3.51. The monoisotopic (exact) mass is 202 g/mol. The summed E-state index contributed by atoms with van der Waals surface area (Å²) in [5.74, 6) is 0. The molecule has 0 heterocycles. The lowest BCUT2D eigenvalue weighted by Gasteiger charge is -2.35. The molecule has 0 fully saturated rings. The van der Waals surface area contributed by atoms with Gasteiger partial charge in [0.05, 0.1) is 19.6 Å². The lowest BCUT2D eigenvalue weighted by Crippen LogP contribution is -2.46. The minimum Gasteiger partial charge on any atom is -0.321 e. The fourth-order valence-corrected chi connectivity index (χ4v) is 2.02. The highest BCUT2D eigenvalue weighted by Crippen LogP contribution is 2.13. The van der Waals surface area contributed by atoms with E-state index in [4.69, 9.17) is 7.85 Å². The predicted octanol–water partition coefficient (Wildman–Crippen LogP) is 1.86. The van der Waals surface area contributed by atoms with Gasteiger partial charge in [-0.25, -0.2) is 0 Å². The van der Waals surface area contributed by atoms with Crippen molar-refractivity contribution in [1.29, 1.82) is 0 Å². The van der Waals surface area contributed by atoms with Gasteiger partial charge in [0.2, 0.25) is 0 Å². The Balaban J connectivity index is 2.78. The molecule has 0 amide bonds. The Bertz CT molecular complexity index is 280. The molecular weight excluding hydrogens is 181 g/mol. The minimum absolute atomic E-state index is 0.848. The van der Waals surface area contributed by atoms with Gasteiger partial charge in [-0.3, -0.25) is 0 Å². The van der Waals surface area contributed by atoms with Crippen molar-refractivity contribution in [1.82, 2.24) is 0 Å².